The molecule has 1 aromatic carbocycles. The van der Waals surface area contributed by atoms with Crippen molar-refractivity contribution in [3.05, 3.63) is 59.5 Å². The van der Waals surface area contributed by atoms with Crippen LogP contribution >= 0.6 is 0 Å². The number of nitriles is 1. The van der Waals surface area contributed by atoms with Gasteiger partial charge in [0, 0.05) is 6.54 Å². The molecule has 0 radical (unpaired) electrons. The Morgan fingerprint density at radius 1 is 1.29 bits per heavy atom. The first-order valence-electron chi connectivity index (χ1n) is 7.82. The fourth-order valence-corrected chi connectivity index (χ4v) is 2.12. The zero-order chi connectivity index (χ0) is 17.4. The van der Waals surface area contributed by atoms with Crippen LogP contribution in [0.5, 0.6) is 0 Å². The summed E-state index contributed by atoms with van der Waals surface area (Å²) in [4.78, 5) is 4.49. The molecule has 0 saturated heterocycles. The SMILES string of the molecule is CCNC(=NCc1ccc(C#N)cc1)NCC(C)(O)c1ccco1. The molecule has 0 spiro atoms. The number of hydrogen-bond donors (Lipinski definition) is 3. The predicted molar refractivity (Wildman–Crippen MR) is 92.3 cm³/mol. The van der Waals surface area contributed by atoms with Gasteiger partial charge in [0.1, 0.15) is 11.4 Å². The molecule has 126 valence electrons. The Balaban J connectivity index is 1.98. The fraction of sp³-hybridized carbons (Fsp3) is 0.333. The van der Waals surface area contributed by atoms with Gasteiger partial charge in [0.25, 0.3) is 0 Å². The maximum absolute atomic E-state index is 10.5. The molecule has 1 aromatic heterocycles. The predicted octanol–water partition coefficient (Wildman–Crippen LogP) is 2.11. The Hall–Kier alpha value is -2.78. The first kappa shape index (κ1) is 17.6. The van der Waals surface area contributed by atoms with E-state index in [1.54, 1.807) is 31.2 Å². The smallest absolute Gasteiger partial charge is 0.191 e. The number of aliphatic imine (C=N–C) groups is 1. The summed E-state index contributed by atoms with van der Waals surface area (Å²) < 4.78 is 5.27. The normalized spacial score (nSPS) is 13.8. The standard InChI is InChI=1S/C18H22N4O2/c1-3-20-17(21-12-15-8-6-14(11-19)7-9-15)22-13-18(2,23)16-5-4-10-24-16/h4-10,23H,3,12-13H2,1-2H3,(H2,20,21,22). The van der Waals surface area contributed by atoms with E-state index in [0.29, 0.717) is 30.4 Å². The van der Waals surface area contributed by atoms with Crippen molar-refractivity contribution in [3.63, 3.8) is 0 Å². The third-order valence-electron chi connectivity index (χ3n) is 3.50. The van der Waals surface area contributed by atoms with Crippen LogP contribution in [0.3, 0.4) is 0 Å². The van der Waals surface area contributed by atoms with Crippen LogP contribution in [-0.4, -0.2) is 24.2 Å². The van der Waals surface area contributed by atoms with Gasteiger partial charge in [-0.1, -0.05) is 12.1 Å². The molecule has 24 heavy (non-hydrogen) atoms. The first-order chi connectivity index (χ1) is 11.5. The minimum Gasteiger partial charge on any atom is -0.466 e. The monoisotopic (exact) mass is 326 g/mol. The summed E-state index contributed by atoms with van der Waals surface area (Å²) in [5.41, 5.74) is 0.500. The Labute approximate surface area is 141 Å². The Kier molecular flexibility index (Phi) is 5.99. The highest BCUT2D eigenvalue weighted by Crippen LogP contribution is 2.19. The molecule has 0 aliphatic rings. The molecule has 6 heteroatoms. The Morgan fingerprint density at radius 3 is 2.62 bits per heavy atom. The van der Waals surface area contributed by atoms with E-state index in [1.165, 1.54) is 6.26 Å². The molecule has 0 aliphatic heterocycles. The lowest BCUT2D eigenvalue weighted by Crippen LogP contribution is -2.44. The molecule has 2 aromatic rings. The highest BCUT2D eigenvalue weighted by molar-refractivity contribution is 5.79. The molecule has 2 rings (SSSR count). The maximum atomic E-state index is 10.5. The van der Waals surface area contributed by atoms with Gasteiger partial charge in [-0.05, 0) is 43.7 Å². The molecule has 0 bridgehead atoms. The summed E-state index contributed by atoms with van der Waals surface area (Å²) >= 11 is 0. The van der Waals surface area contributed by atoms with Gasteiger partial charge in [0.05, 0.1) is 31.0 Å². The number of nitrogens with zero attached hydrogens (tertiary/aromatic N) is 2. The van der Waals surface area contributed by atoms with Crippen molar-refractivity contribution < 1.29 is 9.52 Å². The van der Waals surface area contributed by atoms with Crippen molar-refractivity contribution in [2.24, 2.45) is 4.99 Å². The zero-order valence-electron chi connectivity index (χ0n) is 13.9. The number of hydrogen-bond acceptors (Lipinski definition) is 4. The van der Waals surface area contributed by atoms with E-state index >= 15 is 0 Å². The van der Waals surface area contributed by atoms with Crippen LogP contribution in [0.2, 0.25) is 0 Å². The van der Waals surface area contributed by atoms with Crippen LogP contribution in [0.25, 0.3) is 0 Å². The molecular formula is C18H22N4O2. The van der Waals surface area contributed by atoms with Gasteiger partial charge in [-0.3, -0.25) is 0 Å². The quantitative estimate of drug-likeness (QED) is 0.558. The van der Waals surface area contributed by atoms with Crippen molar-refractivity contribution in [3.8, 4) is 6.07 Å². The van der Waals surface area contributed by atoms with E-state index in [0.717, 1.165) is 5.56 Å². The second-order valence-corrected chi connectivity index (χ2v) is 5.61. The van der Waals surface area contributed by atoms with Crippen LogP contribution < -0.4 is 10.6 Å². The van der Waals surface area contributed by atoms with Gasteiger partial charge >= 0.3 is 0 Å². The van der Waals surface area contributed by atoms with Crippen molar-refractivity contribution in [2.75, 3.05) is 13.1 Å². The van der Waals surface area contributed by atoms with E-state index in [1.807, 2.05) is 19.1 Å². The van der Waals surface area contributed by atoms with E-state index in [2.05, 4.69) is 21.7 Å². The second kappa shape index (κ2) is 8.18. The number of rotatable bonds is 6. The summed E-state index contributed by atoms with van der Waals surface area (Å²) in [6.07, 6.45) is 1.54. The van der Waals surface area contributed by atoms with E-state index < -0.39 is 5.60 Å². The first-order valence-corrected chi connectivity index (χ1v) is 7.82. The lowest BCUT2D eigenvalue weighted by Gasteiger charge is -2.22. The third-order valence-corrected chi connectivity index (χ3v) is 3.50. The summed E-state index contributed by atoms with van der Waals surface area (Å²) in [6.45, 7) is 5.11. The van der Waals surface area contributed by atoms with Gasteiger partial charge in [-0.25, -0.2) is 4.99 Å². The van der Waals surface area contributed by atoms with Crippen molar-refractivity contribution >= 4 is 5.96 Å². The number of guanidine groups is 1. The minimum atomic E-state index is -1.13. The van der Waals surface area contributed by atoms with Crippen molar-refractivity contribution in [1.29, 1.82) is 5.26 Å². The number of benzene rings is 1. The Morgan fingerprint density at radius 2 is 2.04 bits per heavy atom. The molecule has 1 atom stereocenters. The van der Waals surface area contributed by atoms with Gasteiger partial charge in [0.2, 0.25) is 0 Å². The lowest BCUT2D eigenvalue weighted by molar-refractivity contribution is 0.0386. The fourth-order valence-electron chi connectivity index (χ4n) is 2.12. The van der Waals surface area contributed by atoms with Crippen molar-refractivity contribution in [1.82, 2.24) is 10.6 Å². The number of aliphatic hydroxyl groups is 1. The average molecular weight is 326 g/mol. The zero-order valence-corrected chi connectivity index (χ0v) is 13.9. The lowest BCUT2D eigenvalue weighted by atomic mass is 10.0. The van der Waals surface area contributed by atoms with Gasteiger partial charge < -0.3 is 20.2 Å². The van der Waals surface area contributed by atoms with Crippen LogP contribution in [0.15, 0.2) is 52.1 Å². The summed E-state index contributed by atoms with van der Waals surface area (Å²) in [6, 6.07) is 12.9. The minimum absolute atomic E-state index is 0.264. The molecule has 3 N–H and O–H groups in total. The second-order valence-electron chi connectivity index (χ2n) is 5.61. The Bertz CT molecular complexity index is 698. The molecule has 0 saturated carbocycles. The van der Waals surface area contributed by atoms with Crippen molar-refractivity contribution in [2.45, 2.75) is 26.0 Å². The van der Waals surface area contributed by atoms with Crippen LogP contribution in [0.1, 0.15) is 30.7 Å². The average Bonchev–Trinajstić information content (AvgIpc) is 3.13. The number of nitrogens with one attached hydrogen (secondary N) is 2. The third kappa shape index (κ3) is 4.86. The molecule has 0 amide bonds. The topological polar surface area (TPSA) is 93.6 Å². The molecule has 6 nitrogen and oxygen atoms in total. The van der Waals surface area contributed by atoms with Crippen LogP contribution in [0.4, 0.5) is 0 Å². The highest BCUT2D eigenvalue weighted by Gasteiger charge is 2.26. The number of furan rings is 1. The molecule has 1 heterocycles. The van der Waals surface area contributed by atoms with Gasteiger partial charge in [-0.2, -0.15) is 5.26 Å². The summed E-state index contributed by atoms with van der Waals surface area (Å²) in [5.74, 6) is 1.10. The molecule has 1 unspecified atom stereocenters. The molecular weight excluding hydrogens is 304 g/mol. The van der Waals surface area contributed by atoms with E-state index in [9.17, 15) is 5.11 Å². The largest absolute Gasteiger partial charge is 0.466 e. The maximum Gasteiger partial charge on any atom is 0.191 e. The van der Waals surface area contributed by atoms with E-state index in [4.69, 9.17) is 9.68 Å². The van der Waals surface area contributed by atoms with E-state index in [-0.39, 0.29) is 6.54 Å². The van der Waals surface area contributed by atoms with Gasteiger partial charge in [0.15, 0.2) is 5.96 Å². The summed E-state index contributed by atoms with van der Waals surface area (Å²) in [7, 11) is 0. The summed E-state index contributed by atoms with van der Waals surface area (Å²) in [5, 5.41) is 25.5. The van der Waals surface area contributed by atoms with Crippen LogP contribution in [-0.2, 0) is 12.1 Å². The molecule has 0 fully saturated rings. The molecule has 0 aliphatic carbocycles. The highest BCUT2D eigenvalue weighted by atomic mass is 16.4. The van der Waals surface area contributed by atoms with Crippen LogP contribution in [0, 0.1) is 11.3 Å². The van der Waals surface area contributed by atoms with Gasteiger partial charge in [-0.15, -0.1) is 0 Å².